The van der Waals surface area contributed by atoms with Crippen LogP contribution in [0.3, 0.4) is 0 Å². The van der Waals surface area contributed by atoms with Gasteiger partial charge < -0.3 is 16.2 Å². The zero-order chi connectivity index (χ0) is 15.5. The Hall–Kier alpha value is -1.36. The first-order valence-electron chi connectivity index (χ1n) is 7.43. The number of nitrogens with zero attached hydrogens (tertiary/aromatic N) is 1. The van der Waals surface area contributed by atoms with E-state index in [0.717, 1.165) is 36.7 Å². The number of guanidine groups is 1. The Kier molecular flexibility index (Phi) is 8.74. The highest BCUT2D eigenvalue weighted by atomic mass is 32.2. The fraction of sp³-hybridized carbons (Fsp3) is 0.562. The first kappa shape index (κ1) is 17.7. The molecule has 21 heavy (non-hydrogen) atoms. The smallest absolute Gasteiger partial charge is 0.185 e. The lowest BCUT2D eigenvalue weighted by molar-refractivity contribution is 0.289. The van der Waals surface area contributed by atoms with Crippen molar-refractivity contribution in [2.75, 3.05) is 18.9 Å². The predicted octanol–water partition coefficient (Wildman–Crippen LogP) is 3.01. The molecule has 0 spiro atoms. The first-order chi connectivity index (χ1) is 10.1. The molecule has 0 saturated carbocycles. The highest BCUT2D eigenvalue weighted by Gasteiger charge is 1.98. The molecule has 0 aliphatic carbocycles. The molecule has 5 heteroatoms. The predicted molar refractivity (Wildman–Crippen MR) is 92.8 cm³/mol. The maximum Gasteiger partial charge on any atom is 0.185 e. The second-order valence-electron chi connectivity index (χ2n) is 5.39. The van der Waals surface area contributed by atoms with Gasteiger partial charge in [0, 0.05) is 12.3 Å². The second kappa shape index (κ2) is 10.4. The molecular formula is C16H27N3OS. The van der Waals surface area contributed by atoms with Crippen molar-refractivity contribution in [2.24, 2.45) is 22.4 Å². The number of ether oxygens (including phenoxy) is 1. The quantitative estimate of drug-likeness (QED) is 0.396. The summed E-state index contributed by atoms with van der Waals surface area (Å²) in [5, 5.41) is 0. The molecule has 0 aromatic heterocycles. The van der Waals surface area contributed by atoms with Crippen LogP contribution in [0.5, 0.6) is 5.75 Å². The Balaban J connectivity index is 2.17. The molecule has 0 aliphatic heterocycles. The van der Waals surface area contributed by atoms with E-state index in [2.05, 4.69) is 43.1 Å². The lowest BCUT2D eigenvalue weighted by atomic mass is 10.1. The van der Waals surface area contributed by atoms with Gasteiger partial charge in [0.25, 0.3) is 0 Å². The summed E-state index contributed by atoms with van der Waals surface area (Å²) >= 11 is 1.89. The fourth-order valence-corrected chi connectivity index (χ4v) is 2.56. The maximum atomic E-state index is 5.71. The van der Waals surface area contributed by atoms with Crippen molar-refractivity contribution >= 4 is 17.7 Å². The molecule has 4 nitrogen and oxygen atoms in total. The van der Waals surface area contributed by atoms with E-state index >= 15 is 0 Å². The van der Waals surface area contributed by atoms with Gasteiger partial charge in [-0.3, -0.25) is 4.99 Å². The Labute approximate surface area is 132 Å². The van der Waals surface area contributed by atoms with Gasteiger partial charge in [-0.05, 0) is 42.2 Å². The van der Waals surface area contributed by atoms with E-state index in [0.29, 0.717) is 12.5 Å². The third-order valence-electron chi connectivity index (χ3n) is 2.90. The summed E-state index contributed by atoms with van der Waals surface area (Å²) in [6.07, 6.45) is 2.09. The molecule has 0 atom stereocenters. The van der Waals surface area contributed by atoms with E-state index in [-0.39, 0.29) is 5.96 Å². The SMILES string of the molecule is CC(C)CCOc1ccc(CSCCCN=C(N)N)cc1. The van der Waals surface area contributed by atoms with Gasteiger partial charge in [-0.15, -0.1) is 0 Å². The molecule has 0 radical (unpaired) electrons. The van der Waals surface area contributed by atoms with Crippen LogP contribution in [0.1, 0.15) is 32.3 Å². The zero-order valence-electron chi connectivity index (χ0n) is 13.0. The molecule has 0 aliphatic rings. The lowest BCUT2D eigenvalue weighted by Gasteiger charge is -2.08. The number of thioether (sulfide) groups is 1. The Morgan fingerprint density at radius 3 is 2.57 bits per heavy atom. The van der Waals surface area contributed by atoms with E-state index in [1.807, 2.05) is 11.8 Å². The van der Waals surface area contributed by atoms with E-state index in [1.165, 1.54) is 5.56 Å². The zero-order valence-corrected chi connectivity index (χ0v) is 13.9. The van der Waals surface area contributed by atoms with Gasteiger partial charge >= 0.3 is 0 Å². The highest BCUT2D eigenvalue weighted by Crippen LogP contribution is 2.18. The van der Waals surface area contributed by atoms with Gasteiger partial charge in [-0.1, -0.05) is 26.0 Å². The number of nitrogens with two attached hydrogens (primary N) is 2. The van der Waals surface area contributed by atoms with Crippen LogP contribution in [0.15, 0.2) is 29.3 Å². The molecule has 4 N–H and O–H groups in total. The maximum absolute atomic E-state index is 5.71. The van der Waals surface area contributed by atoms with Crippen LogP contribution >= 0.6 is 11.8 Å². The largest absolute Gasteiger partial charge is 0.494 e. The molecular weight excluding hydrogens is 282 g/mol. The molecule has 0 heterocycles. The van der Waals surface area contributed by atoms with Gasteiger partial charge in [0.15, 0.2) is 5.96 Å². The van der Waals surface area contributed by atoms with Gasteiger partial charge in [0.2, 0.25) is 0 Å². The van der Waals surface area contributed by atoms with Gasteiger partial charge in [0.05, 0.1) is 6.61 Å². The highest BCUT2D eigenvalue weighted by molar-refractivity contribution is 7.98. The monoisotopic (exact) mass is 309 g/mol. The standard InChI is InChI=1S/C16H27N3OS/c1-13(2)8-10-20-15-6-4-14(5-7-15)12-21-11-3-9-19-16(17)18/h4-7,13H,3,8-12H2,1-2H3,(H4,17,18,19). The number of aliphatic imine (C=N–C) groups is 1. The minimum absolute atomic E-state index is 0.174. The Morgan fingerprint density at radius 2 is 1.95 bits per heavy atom. The van der Waals surface area contributed by atoms with Crippen LogP contribution in [0.4, 0.5) is 0 Å². The van der Waals surface area contributed by atoms with E-state index < -0.39 is 0 Å². The van der Waals surface area contributed by atoms with Crippen LogP contribution < -0.4 is 16.2 Å². The van der Waals surface area contributed by atoms with Crippen molar-refractivity contribution in [3.63, 3.8) is 0 Å². The molecule has 0 amide bonds. The summed E-state index contributed by atoms with van der Waals surface area (Å²) in [4.78, 5) is 3.96. The van der Waals surface area contributed by atoms with Crippen LogP contribution in [-0.4, -0.2) is 24.9 Å². The molecule has 0 bridgehead atoms. The second-order valence-corrected chi connectivity index (χ2v) is 6.49. The van der Waals surface area contributed by atoms with E-state index in [4.69, 9.17) is 16.2 Å². The summed E-state index contributed by atoms with van der Waals surface area (Å²) < 4.78 is 5.71. The molecule has 0 saturated heterocycles. The molecule has 118 valence electrons. The molecule has 0 unspecified atom stereocenters. The molecule has 1 rings (SSSR count). The van der Waals surface area contributed by atoms with Crippen molar-refractivity contribution in [3.8, 4) is 5.75 Å². The van der Waals surface area contributed by atoms with Crippen molar-refractivity contribution in [2.45, 2.75) is 32.4 Å². The van der Waals surface area contributed by atoms with Gasteiger partial charge in [-0.25, -0.2) is 0 Å². The van der Waals surface area contributed by atoms with Gasteiger partial charge in [0.1, 0.15) is 5.75 Å². The number of hydrogen-bond donors (Lipinski definition) is 2. The van der Waals surface area contributed by atoms with E-state index in [9.17, 15) is 0 Å². The summed E-state index contributed by atoms with van der Waals surface area (Å²) in [6, 6.07) is 8.37. The van der Waals surface area contributed by atoms with Crippen molar-refractivity contribution < 1.29 is 4.74 Å². The average Bonchev–Trinajstić information content (AvgIpc) is 2.43. The first-order valence-corrected chi connectivity index (χ1v) is 8.58. The van der Waals surface area contributed by atoms with Crippen LogP contribution in [-0.2, 0) is 5.75 Å². The van der Waals surface area contributed by atoms with Gasteiger partial charge in [-0.2, -0.15) is 11.8 Å². The van der Waals surface area contributed by atoms with Crippen LogP contribution in [0, 0.1) is 5.92 Å². The number of benzene rings is 1. The summed E-state index contributed by atoms with van der Waals surface area (Å²) in [7, 11) is 0. The topological polar surface area (TPSA) is 73.6 Å². The third kappa shape index (κ3) is 9.24. The number of hydrogen-bond acceptors (Lipinski definition) is 3. The molecule has 1 aromatic rings. The Morgan fingerprint density at radius 1 is 1.24 bits per heavy atom. The van der Waals surface area contributed by atoms with Crippen molar-refractivity contribution in [3.05, 3.63) is 29.8 Å². The van der Waals surface area contributed by atoms with E-state index in [1.54, 1.807) is 0 Å². The molecule has 0 fully saturated rings. The summed E-state index contributed by atoms with van der Waals surface area (Å²) in [6.45, 7) is 5.91. The normalized spacial score (nSPS) is 10.6. The average molecular weight is 309 g/mol. The van der Waals surface area contributed by atoms with Crippen molar-refractivity contribution in [1.82, 2.24) is 0 Å². The Bertz CT molecular complexity index is 414. The lowest BCUT2D eigenvalue weighted by Crippen LogP contribution is -2.23. The van der Waals surface area contributed by atoms with Crippen molar-refractivity contribution in [1.29, 1.82) is 0 Å². The third-order valence-corrected chi connectivity index (χ3v) is 4.01. The summed E-state index contributed by atoms with van der Waals surface area (Å²) in [5.41, 5.74) is 11.9. The minimum atomic E-state index is 0.174. The number of rotatable bonds is 10. The summed E-state index contributed by atoms with van der Waals surface area (Å²) in [5.74, 6) is 3.88. The van der Waals surface area contributed by atoms with Crippen LogP contribution in [0.2, 0.25) is 0 Å². The fourth-order valence-electron chi connectivity index (χ4n) is 1.66. The van der Waals surface area contributed by atoms with Crippen LogP contribution in [0.25, 0.3) is 0 Å². The molecule has 1 aromatic carbocycles. The minimum Gasteiger partial charge on any atom is -0.494 e.